The van der Waals surface area contributed by atoms with Crippen LogP contribution >= 0.6 is 0 Å². The number of carbonyl (C=O) groups is 1. The number of amides is 1. The molecule has 3 rings (SSSR count). The van der Waals surface area contributed by atoms with Gasteiger partial charge in [-0.15, -0.1) is 0 Å². The maximum absolute atomic E-state index is 12.6. The fourth-order valence-corrected chi connectivity index (χ4v) is 3.49. The second-order valence-electron chi connectivity index (χ2n) is 7.28. The number of hydrogen-bond donors (Lipinski definition) is 1. The molecule has 0 radical (unpaired) electrons. The minimum Gasteiger partial charge on any atom is -0.326 e. The van der Waals surface area contributed by atoms with Gasteiger partial charge in [0.05, 0.1) is 0 Å². The molecular weight excluding hydrogens is 308 g/mol. The van der Waals surface area contributed by atoms with Gasteiger partial charge in [-0.25, -0.2) is 0 Å². The number of anilines is 1. The number of likely N-dealkylation sites (tertiary alicyclic amines) is 1. The van der Waals surface area contributed by atoms with Crippen LogP contribution in [0.4, 0.5) is 5.69 Å². The molecule has 2 aromatic carbocycles. The third-order valence-electron chi connectivity index (χ3n) is 5.26. The number of hydrogen-bond acceptors (Lipinski definition) is 2. The molecule has 0 saturated carbocycles. The Hall–Kier alpha value is -2.13. The third-order valence-corrected chi connectivity index (χ3v) is 5.26. The molecule has 3 heteroatoms. The van der Waals surface area contributed by atoms with Crippen LogP contribution in [0.2, 0.25) is 0 Å². The Bertz CT molecular complexity index is 745. The van der Waals surface area contributed by atoms with Crippen LogP contribution in [0, 0.1) is 26.7 Å². The standard InChI is InChI=1S/C22H28N2O/c1-16-8-9-18(3)21(14-16)23-22(25)19-10-12-24(13-11-19)15-20-7-5-4-6-17(20)2/h4-9,14,19H,10-13,15H2,1-3H3,(H,23,25). The molecule has 1 aliphatic rings. The number of benzene rings is 2. The molecule has 2 aromatic rings. The summed E-state index contributed by atoms with van der Waals surface area (Å²) in [6.07, 6.45) is 1.87. The average Bonchev–Trinajstić information content (AvgIpc) is 2.61. The second-order valence-corrected chi connectivity index (χ2v) is 7.28. The lowest BCUT2D eigenvalue weighted by atomic mass is 9.95. The Kier molecular flexibility index (Phi) is 5.54. The molecule has 0 aliphatic carbocycles. The summed E-state index contributed by atoms with van der Waals surface area (Å²) >= 11 is 0. The lowest BCUT2D eigenvalue weighted by molar-refractivity contribution is -0.121. The summed E-state index contributed by atoms with van der Waals surface area (Å²) in [7, 11) is 0. The summed E-state index contributed by atoms with van der Waals surface area (Å²) in [4.78, 5) is 15.1. The minimum absolute atomic E-state index is 0.119. The van der Waals surface area contributed by atoms with Crippen LogP contribution in [0.5, 0.6) is 0 Å². The van der Waals surface area contributed by atoms with Crippen LogP contribution in [0.1, 0.15) is 35.1 Å². The number of nitrogens with one attached hydrogen (secondary N) is 1. The summed E-state index contributed by atoms with van der Waals surface area (Å²) in [5.74, 6) is 0.289. The Morgan fingerprint density at radius 2 is 1.76 bits per heavy atom. The number of rotatable bonds is 4. The van der Waals surface area contributed by atoms with Gasteiger partial charge in [0, 0.05) is 18.2 Å². The van der Waals surface area contributed by atoms with Crippen molar-refractivity contribution in [3.8, 4) is 0 Å². The molecule has 0 spiro atoms. The van der Waals surface area contributed by atoms with Crippen molar-refractivity contribution in [1.29, 1.82) is 0 Å². The maximum Gasteiger partial charge on any atom is 0.227 e. The highest BCUT2D eigenvalue weighted by Crippen LogP contribution is 2.23. The van der Waals surface area contributed by atoms with Gasteiger partial charge in [0.25, 0.3) is 0 Å². The van der Waals surface area contributed by atoms with Crippen LogP contribution in [0.3, 0.4) is 0 Å². The first-order valence-corrected chi connectivity index (χ1v) is 9.18. The molecule has 1 amide bonds. The van der Waals surface area contributed by atoms with Crippen molar-refractivity contribution in [1.82, 2.24) is 4.90 Å². The largest absolute Gasteiger partial charge is 0.326 e. The Morgan fingerprint density at radius 1 is 1.04 bits per heavy atom. The summed E-state index contributed by atoms with van der Waals surface area (Å²) in [5, 5.41) is 3.14. The average molecular weight is 336 g/mol. The van der Waals surface area contributed by atoms with Crippen molar-refractivity contribution in [2.75, 3.05) is 18.4 Å². The van der Waals surface area contributed by atoms with E-state index < -0.39 is 0 Å². The molecule has 0 atom stereocenters. The van der Waals surface area contributed by atoms with E-state index in [2.05, 4.69) is 66.5 Å². The molecule has 0 unspecified atom stereocenters. The van der Waals surface area contributed by atoms with Gasteiger partial charge in [0.15, 0.2) is 0 Å². The van der Waals surface area contributed by atoms with Crippen LogP contribution < -0.4 is 5.32 Å². The molecule has 0 aromatic heterocycles. The van der Waals surface area contributed by atoms with Crippen molar-refractivity contribution < 1.29 is 4.79 Å². The lowest BCUT2D eigenvalue weighted by Gasteiger charge is -2.31. The van der Waals surface area contributed by atoms with E-state index in [9.17, 15) is 4.79 Å². The van der Waals surface area contributed by atoms with Gasteiger partial charge in [-0.3, -0.25) is 9.69 Å². The SMILES string of the molecule is Cc1ccc(C)c(NC(=O)C2CCN(Cc3ccccc3C)CC2)c1. The molecule has 1 heterocycles. The van der Waals surface area contributed by atoms with Crippen molar-refractivity contribution in [3.05, 3.63) is 64.7 Å². The van der Waals surface area contributed by atoms with Gasteiger partial charge in [0.2, 0.25) is 5.91 Å². The van der Waals surface area contributed by atoms with Gasteiger partial charge in [0.1, 0.15) is 0 Å². The molecular formula is C22H28N2O. The topological polar surface area (TPSA) is 32.3 Å². The molecule has 132 valence electrons. The van der Waals surface area contributed by atoms with E-state index in [4.69, 9.17) is 0 Å². The van der Waals surface area contributed by atoms with E-state index in [1.807, 2.05) is 6.92 Å². The third kappa shape index (κ3) is 4.49. The van der Waals surface area contributed by atoms with Crippen molar-refractivity contribution >= 4 is 11.6 Å². The predicted octanol–water partition coefficient (Wildman–Crippen LogP) is 4.46. The first-order valence-electron chi connectivity index (χ1n) is 9.18. The zero-order valence-corrected chi connectivity index (χ0v) is 15.5. The quantitative estimate of drug-likeness (QED) is 0.894. The van der Waals surface area contributed by atoms with Gasteiger partial charge in [-0.2, -0.15) is 0 Å². The molecule has 25 heavy (non-hydrogen) atoms. The smallest absolute Gasteiger partial charge is 0.227 e. The van der Waals surface area contributed by atoms with Crippen LogP contribution in [-0.2, 0) is 11.3 Å². The molecule has 1 fully saturated rings. The highest BCUT2D eigenvalue weighted by molar-refractivity contribution is 5.93. The monoisotopic (exact) mass is 336 g/mol. The van der Waals surface area contributed by atoms with Gasteiger partial charge < -0.3 is 5.32 Å². The van der Waals surface area contributed by atoms with Gasteiger partial charge >= 0.3 is 0 Å². The first-order chi connectivity index (χ1) is 12.0. The highest BCUT2D eigenvalue weighted by atomic mass is 16.1. The number of carbonyl (C=O) groups excluding carboxylic acids is 1. The normalized spacial score (nSPS) is 16.0. The van der Waals surface area contributed by atoms with Crippen LogP contribution in [0.15, 0.2) is 42.5 Å². The highest BCUT2D eigenvalue weighted by Gasteiger charge is 2.25. The summed E-state index contributed by atoms with van der Waals surface area (Å²) < 4.78 is 0. The van der Waals surface area contributed by atoms with Gasteiger partial charge in [-0.1, -0.05) is 36.4 Å². The lowest BCUT2D eigenvalue weighted by Crippen LogP contribution is -2.38. The van der Waals surface area contributed by atoms with E-state index in [0.717, 1.165) is 43.7 Å². The van der Waals surface area contributed by atoms with E-state index in [1.54, 1.807) is 0 Å². The minimum atomic E-state index is 0.119. The van der Waals surface area contributed by atoms with Crippen molar-refractivity contribution in [3.63, 3.8) is 0 Å². The fraction of sp³-hybridized carbons (Fsp3) is 0.409. The molecule has 1 aliphatic heterocycles. The zero-order valence-electron chi connectivity index (χ0n) is 15.5. The van der Waals surface area contributed by atoms with Crippen molar-refractivity contribution in [2.45, 2.75) is 40.2 Å². The summed E-state index contributed by atoms with van der Waals surface area (Å²) in [6, 6.07) is 14.8. The van der Waals surface area contributed by atoms with Crippen molar-refractivity contribution in [2.24, 2.45) is 5.92 Å². The Labute approximate surface area is 151 Å². The number of nitrogens with zero attached hydrogens (tertiary/aromatic N) is 1. The summed E-state index contributed by atoms with van der Waals surface area (Å²) in [6.45, 7) is 9.22. The predicted molar refractivity (Wildman–Crippen MR) is 104 cm³/mol. The van der Waals surface area contributed by atoms with E-state index in [-0.39, 0.29) is 11.8 Å². The van der Waals surface area contributed by atoms with E-state index in [1.165, 1.54) is 16.7 Å². The van der Waals surface area contributed by atoms with E-state index >= 15 is 0 Å². The van der Waals surface area contributed by atoms with Crippen LogP contribution in [-0.4, -0.2) is 23.9 Å². The molecule has 3 nitrogen and oxygen atoms in total. The summed E-state index contributed by atoms with van der Waals surface area (Å²) in [5.41, 5.74) is 5.98. The fourth-order valence-electron chi connectivity index (χ4n) is 3.49. The molecule has 1 saturated heterocycles. The Balaban J connectivity index is 1.54. The molecule has 1 N–H and O–H groups in total. The maximum atomic E-state index is 12.6. The van der Waals surface area contributed by atoms with E-state index in [0.29, 0.717) is 0 Å². The van der Waals surface area contributed by atoms with Gasteiger partial charge in [-0.05, 0) is 75.0 Å². The second kappa shape index (κ2) is 7.83. The Morgan fingerprint density at radius 3 is 2.48 bits per heavy atom. The number of aryl methyl sites for hydroxylation is 3. The first kappa shape index (κ1) is 17.7. The van der Waals surface area contributed by atoms with Crippen LogP contribution in [0.25, 0.3) is 0 Å². The molecule has 0 bridgehead atoms. The number of piperidine rings is 1. The zero-order chi connectivity index (χ0) is 17.8.